The van der Waals surface area contributed by atoms with Gasteiger partial charge in [-0.25, -0.2) is 4.98 Å². The first-order chi connectivity index (χ1) is 13.6. The summed E-state index contributed by atoms with van der Waals surface area (Å²) in [4.78, 5) is 34.5. The molecule has 2 heterocycles. The van der Waals surface area contributed by atoms with Crippen molar-refractivity contribution in [1.82, 2.24) is 20.2 Å². The fourth-order valence-electron chi connectivity index (χ4n) is 3.55. The topological polar surface area (TPSA) is 78.1 Å². The number of nitrogens with one attached hydrogen (secondary N) is 2. The summed E-state index contributed by atoms with van der Waals surface area (Å²) in [6, 6.07) is 17.6. The average molecular weight is 374 g/mol. The van der Waals surface area contributed by atoms with Crippen molar-refractivity contribution in [3.63, 3.8) is 0 Å². The predicted molar refractivity (Wildman–Crippen MR) is 106 cm³/mol. The van der Waals surface area contributed by atoms with Gasteiger partial charge in [-0.1, -0.05) is 54.6 Å². The van der Waals surface area contributed by atoms with E-state index >= 15 is 0 Å². The van der Waals surface area contributed by atoms with E-state index in [0.717, 1.165) is 17.5 Å². The van der Waals surface area contributed by atoms with Crippen LogP contribution >= 0.6 is 0 Å². The smallest absolute Gasteiger partial charge is 0.273 e. The van der Waals surface area contributed by atoms with Crippen molar-refractivity contribution >= 4 is 11.8 Å². The van der Waals surface area contributed by atoms with Crippen molar-refractivity contribution in [3.05, 3.63) is 89.0 Å². The van der Waals surface area contributed by atoms with Crippen LogP contribution in [0.2, 0.25) is 0 Å². The fraction of sp³-hybridized carbons (Fsp3) is 0.227. The van der Waals surface area contributed by atoms with Gasteiger partial charge in [-0.2, -0.15) is 0 Å². The summed E-state index contributed by atoms with van der Waals surface area (Å²) < 4.78 is 0. The van der Waals surface area contributed by atoms with E-state index in [-0.39, 0.29) is 29.2 Å². The molecule has 0 aliphatic carbocycles. The minimum absolute atomic E-state index is 0.131. The Morgan fingerprint density at radius 3 is 2.57 bits per heavy atom. The molecule has 0 fully saturated rings. The van der Waals surface area contributed by atoms with Crippen LogP contribution in [0.5, 0.6) is 0 Å². The highest BCUT2D eigenvalue weighted by Crippen LogP contribution is 2.21. The summed E-state index contributed by atoms with van der Waals surface area (Å²) in [6.07, 6.45) is 2.20. The number of amides is 2. The van der Waals surface area contributed by atoms with Crippen LogP contribution in [0.1, 0.15) is 50.6 Å². The van der Waals surface area contributed by atoms with Gasteiger partial charge < -0.3 is 15.2 Å². The molecule has 4 rings (SSSR count). The van der Waals surface area contributed by atoms with E-state index in [1.165, 1.54) is 11.9 Å². The zero-order chi connectivity index (χ0) is 19.5. The predicted octanol–water partition coefficient (Wildman–Crippen LogP) is 3.10. The van der Waals surface area contributed by atoms with E-state index in [9.17, 15) is 9.59 Å². The molecule has 2 aromatic carbocycles. The minimum atomic E-state index is -0.363. The average Bonchev–Trinajstić information content (AvgIpc) is 3.23. The van der Waals surface area contributed by atoms with Crippen LogP contribution in [0.15, 0.2) is 60.9 Å². The van der Waals surface area contributed by atoms with Gasteiger partial charge >= 0.3 is 0 Å². The zero-order valence-corrected chi connectivity index (χ0v) is 15.7. The zero-order valence-electron chi connectivity index (χ0n) is 15.7. The normalized spacial score (nSPS) is 14.2. The number of aromatic nitrogens is 2. The molecule has 6 nitrogen and oxygen atoms in total. The lowest BCUT2D eigenvalue weighted by Crippen LogP contribution is -2.37. The van der Waals surface area contributed by atoms with E-state index in [1.54, 1.807) is 4.90 Å². The lowest BCUT2D eigenvalue weighted by atomic mass is 9.99. The minimum Gasteiger partial charge on any atom is -0.344 e. The number of H-pyrrole nitrogens is 1. The van der Waals surface area contributed by atoms with Gasteiger partial charge in [0.2, 0.25) is 0 Å². The van der Waals surface area contributed by atoms with Crippen LogP contribution in [0.4, 0.5) is 0 Å². The van der Waals surface area contributed by atoms with Crippen molar-refractivity contribution in [1.29, 1.82) is 0 Å². The molecule has 3 aromatic rings. The Kier molecular flexibility index (Phi) is 4.93. The third-order valence-electron chi connectivity index (χ3n) is 5.13. The maximum absolute atomic E-state index is 13.0. The molecule has 0 saturated carbocycles. The Hall–Kier alpha value is -3.41. The summed E-state index contributed by atoms with van der Waals surface area (Å²) in [5.41, 5.74) is 3.77. The number of benzene rings is 2. The molecule has 1 atom stereocenters. The molecule has 142 valence electrons. The number of aromatic amines is 1. The molecule has 1 aromatic heterocycles. The highest BCUT2D eigenvalue weighted by Gasteiger charge is 2.27. The van der Waals surface area contributed by atoms with Crippen molar-refractivity contribution < 1.29 is 9.59 Å². The number of carbonyl (C=O) groups is 2. The van der Waals surface area contributed by atoms with Crippen molar-refractivity contribution in [2.45, 2.75) is 25.9 Å². The summed E-state index contributed by atoms with van der Waals surface area (Å²) >= 11 is 0. The maximum Gasteiger partial charge on any atom is 0.273 e. The van der Waals surface area contributed by atoms with Crippen LogP contribution < -0.4 is 5.32 Å². The first-order valence-corrected chi connectivity index (χ1v) is 9.38. The van der Waals surface area contributed by atoms with Gasteiger partial charge in [0.05, 0.1) is 12.4 Å². The summed E-state index contributed by atoms with van der Waals surface area (Å²) in [5.74, 6) is -0.567. The second-order valence-electron chi connectivity index (χ2n) is 6.98. The second kappa shape index (κ2) is 7.68. The number of carbonyl (C=O) groups excluding carboxylic acids is 2. The molecule has 6 heteroatoms. The van der Waals surface area contributed by atoms with Crippen molar-refractivity contribution in [2.24, 2.45) is 0 Å². The molecule has 28 heavy (non-hydrogen) atoms. The van der Waals surface area contributed by atoms with Crippen LogP contribution in [0.25, 0.3) is 0 Å². The van der Waals surface area contributed by atoms with Crippen LogP contribution in [-0.4, -0.2) is 33.2 Å². The monoisotopic (exact) mass is 374 g/mol. The molecule has 0 saturated heterocycles. The van der Waals surface area contributed by atoms with Crippen molar-refractivity contribution in [3.8, 4) is 0 Å². The maximum atomic E-state index is 13.0. The summed E-state index contributed by atoms with van der Waals surface area (Å²) in [6.45, 7) is 3.06. The van der Waals surface area contributed by atoms with E-state index in [4.69, 9.17) is 0 Å². The Morgan fingerprint density at radius 1 is 1.07 bits per heavy atom. The number of nitrogens with zero attached hydrogens (tertiary/aromatic N) is 2. The van der Waals surface area contributed by atoms with E-state index in [1.807, 2.05) is 55.5 Å². The highest BCUT2D eigenvalue weighted by atomic mass is 16.2. The fourth-order valence-corrected chi connectivity index (χ4v) is 3.55. The Bertz CT molecular complexity index is 997. The molecule has 0 spiro atoms. The largest absolute Gasteiger partial charge is 0.344 e. The summed E-state index contributed by atoms with van der Waals surface area (Å²) in [5, 5.41) is 2.92. The molecule has 1 aliphatic rings. The molecule has 0 radical (unpaired) electrons. The number of fused-ring (bicyclic) bond motifs is 1. The SMILES string of the molecule is C[C@@H](NC(=O)c1nc[nH]c1C(=O)N1CCc2ccccc2C1)c1ccccc1. The first kappa shape index (κ1) is 18.0. The lowest BCUT2D eigenvalue weighted by Gasteiger charge is -2.28. The molecule has 0 unspecified atom stereocenters. The van der Waals surface area contributed by atoms with Gasteiger partial charge in [0.1, 0.15) is 5.69 Å². The molecule has 1 aliphatic heterocycles. The quantitative estimate of drug-likeness (QED) is 0.737. The van der Waals surface area contributed by atoms with Gasteiger partial charge in [0.15, 0.2) is 5.69 Å². The molecule has 0 bridgehead atoms. The van der Waals surface area contributed by atoms with Gasteiger partial charge in [-0.15, -0.1) is 0 Å². The Balaban J connectivity index is 1.49. The molecular weight excluding hydrogens is 352 g/mol. The molecule has 2 amide bonds. The van der Waals surface area contributed by atoms with Gasteiger partial charge in [0.25, 0.3) is 11.8 Å². The molecular formula is C22H22N4O2. The third kappa shape index (κ3) is 3.53. The van der Waals surface area contributed by atoms with Gasteiger partial charge in [0, 0.05) is 13.1 Å². The number of rotatable bonds is 4. The van der Waals surface area contributed by atoms with E-state index in [2.05, 4.69) is 21.4 Å². The number of hydrogen-bond donors (Lipinski definition) is 2. The van der Waals surface area contributed by atoms with Crippen LogP contribution in [-0.2, 0) is 13.0 Å². The van der Waals surface area contributed by atoms with Gasteiger partial charge in [-0.05, 0) is 30.0 Å². The Morgan fingerprint density at radius 2 is 1.79 bits per heavy atom. The standard InChI is InChI=1S/C22H22N4O2/c1-15(16-7-3-2-4-8-16)25-21(27)19-20(24-14-23-19)22(28)26-12-11-17-9-5-6-10-18(17)13-26/h2-10,14-15H,11-13H2,1H3,(H,23,24)(H,25,27)/t15-/m1/s1. The van der Waals surface area contributed by atoms with Crippen molar-refractivity contribution in [2.75, 3.05) is 6.54 Å². The first-order valence-electron chi connectivity index (χ1n) is 9.38. The third-order valence-corrected chi connectivity index (χ3v) is 5.13. The summed E-state index contributed by atoms with van der Waals surface area (Å²) in [7, 11) is 0. The Labute approximate surface area is 163 Å². The number of imidazole rings is 1. The van der Waals surface area contributed by atoms with E-state index in [0.29, 0.717) is 13.1 Å². The van der Waals surface area contributed by atoms with Crippen LogP contribution in [0, 0.1) is 0 Å². The molecule has 2 N–H and O–H groups in total. The van der Waals surface area contributed by atoms with Crippen LogP contribution in [0.3, 0.4) is 0 Å². The number of hydrogen-bond acceptors (Lipinski definition) is 3. The van der Waals surface area contributed by atoms with E-state index < -0.39 is 0 Å². The lowest BCUT2D eigenvalue weighted by molar-refractivity contribution is 0.0722. The highest BCUT2D eigenvalue weighted by molar-refractivity contribution is 6.04. The van der Waals surface area contributed by atoms with Gasteiger partial charge in [-0.3, -0.25) is 9.59 Å². The second-order valence-corrected chi connectivity index (χ2v) is 6.98.